The largest absolute Gasteiger partial charge is 0.443 e. The number of alkyl halides is 2. The Bertz CT molecular complexity index is 126. The maximum atomic E-state index is 10.7. The lowest BCUT2D eigenvalue weighted by Gasteiger charge is -2.17. The van der Waals surface area contributed by atoms with E-state index in [0.29, 0.717) is 0 Å². The molecule has 0 unspecified atom stereocenters. The van der Waals surface area contributed by atoms with E-state index in [1.54, 1.807) is 13.8 Å². The number of hydrogen-bond donors (Lipinski definition) is 0. The minimum Gasteiger partial charge on any atom is -0.443 e. The van der Waals surface area contributed by atoms with E-state index in [0.717, 1.165) is 0 Å². The van der Waals surface area contributed by atoms with Crippen LogP contribution in [0.4, 0.5) is 0 Å². The molecule has 0 fully saturated rings. The van der Waals surface area contributed by atoms with E-state index in [1.165, 1.54) is 6.92 Å². The molecule has 0 aliphatic heterocycles. The fourth-order valence-corrected chi connectivity index (χ4v) is 0.441. The van der Waals surface area contributed by atoms with Gasteiger partial charge in [-0.05, 0) is 20.8 Å². The first-order chi connectivity index (χ1) is 4.33. The van der Waals surface area contributed by atoms with E-state index < -0.39 is 16.4 Å². The number of halogens is 2. The molecular formula is C6H10Cl2O2. The molecule has 0 bridgehead atoms. The molecule has 0 spiro atoms. The van der Waals surface area contributed by atoms with Gasteiger partial charge in [-0.25, -0.2) is 0 Å². The summed E-state index contributed by atoms with van der Waals surface area (Å²) in [5.74, 6) is -0.498. The Hall–Kier alpha value is 0.0500. The van der Waals surface area contributed by atoms with Crippen molar-refractivity contribution in [2.45, 2.75) is 31.2 Å². The lowest BCUT2D eigenvalue weighted by atomic mass is 10.4. The third-order valence-corrected chi connectivity index (χ3v) is 0.923. The van der Waals surface area contributed by atoms with Crippen molar-refractivity contribution in [3.8, 4) is 0 Å². The highest BCUT2D eigenvalue weighted by Crippen LogP contribution is 2.16. The molecule has 0 aromatic carbocycles. The van der Waals surface area contributed by atoms with Gasteiger partial charge in [-0.15, -0.1) is 11.6 Å². The molecule has 60 valence electrons. The first-order valence-corrected chi connectivity index (χ1v) is 3.70. The van der Waals surface area contributed by atoms with Gasteiger partial charge < -0.3 is 4.74 Å². The molecule has 0 saturated carbocycles. The van der Waals surface area contributed by atoms with Gasteiger partial charge in [0.1, 0.15) is 5.38 Å². The van der Waals surface area contributed by atoms with Gasteiger partial charge in [0, 0.05) is 0 Å². The van der Waals surface area contributed by atoms with Gasteiger partial charge in [0.25, 0.3) is 0 Å². The minimum atomic E-state index is -0.958. The summed E-state index contributed by atoms with van der Waals surface area (Å²) in [6, 6.07) is 0. The van der Waals surface area contributed by atoms with Crippen molar-refractivity contribution in [1.82, 2.24) is 0 Å². The first kappa shape index (κ1) is 10.0. The predicted octanol–water partition coefficient (Wildman–Crippen LogP) is 2.13. The second-order valence-corrected chi connectivity index (χ2v) is 3.97. The van der Waals surface area contributed by atoms with Crippen LogP contribution >= 0.6 is 23.2 Å². The average Bonchev–Trinajstić information content (AvgIpc) is 1.60. The van der Waals surface area contributed by atoms with E-state index in [1.807, 2.05) is 0 Å². The Kier molecular flexibility index (Phi) is 3.46. The maximum Gasteiger partial charge on any atom is 0.325 e. The fraction of sp³-hybridized carbons (Fsp3) is 0.833. The number of rotatable bonds is 2. The molecular weight excluding hydrogens is 175 g/mol. The van der Waals surface area contributed by atoms with Crippen LogP contribution in [0.25, 0.3) is 0 Å². The van der Waals surface area contributed by atoms with E-state index in [4.69, 9.17) is 27.9 Å². The van der Waals surface area contributed by atoms with Crippen molar-refractivity contribution in [3.05, 3.63) is 0 Å². The summed E-state index contributed by atoms with van der Waals surface area (Å²) in [6.07, 6.45) is 0. The van der Waals surface area contributed by atoms with Crippen LogP contribution in [-0.4, -0.2) is 16.4 Å². The van der Waals surface area contributed by atoms with Crippen LogP contribution in [0.15, 0.2) is 0 Å². The third-order valence-electron chi connectivity index (χ3n) is 0.668. The lowest BCUT2D eigenvalue weighted by Crippen LogP contribution is -2.25. The lowest BCUT2D eigenvalue weighted by molar-refractivity contribution is -0.149. The zero-order valence-corrected chi connectivity index (χ0v) is 7.66. The molecule has 0 heterocycles. The number of ether oxygens (including phenoxy) is 1. The van der Waals surface area contributed by atoms with Crippen molar-refractivity contribution in [2.75, 3.05) is 0 Å². The molecule has 0 aromatic heterocycles. The second kappa shape index (κ2) is 3.44. The second-order valence-electron chi connectivity index (χ2n) is 2.40. The molecule has 4 heteroatoms. The van der Waals surface area contributed by atoms with Crippen molar-refractivity contribution >= 4 is 29.2 Å². The summed E-state index contributed by atoms with van der Waals surface area (Å²) >= 11 is 11.0. The van der Waals surface area contributed by atoms with E-state index in [9.17, 15) is 4.79 Å². The Morgan fingerprint density at radius 3 is 2.10 bits per heavy atom. The Balaban J connectivity index is 3.81. The maximum absolute atomic E-state index is 10.7. The quantitative estimate of drug-likeness (QED) is 0.486. The molecule has 0 amide bonds. The SMILES string of the molecule is C[C@H](Cl)C(=O)OC(C)(C)Cl. The van der Waals surface area contributed by atoms with E-state index in [-0.39, 0.29) is 0 Å². The Morgan fingerprint density at radius 1 is 1.60 bits per heavy atom. The normalized spacial score (nSPS) is 14.5. The Labute approximate surface area is 70.4 Å². The molecule has 0 radical (unpaired) electrons. The zero-order valence-electron chi connectivity index (χ0n) is 6.15. The summed E-state index contributed by atoms with van der Waals surface area (Å²) in [5.41, 5.74) is 0. The summed E-state index contributed by atoms with van der Waals surface area (Å²) < 4.78 is 4.69. The van der Waals surface area contributed by atoms with E-state index in [2.05, 4.69) is 0 Å². The van der Waals surface area contributed by atoms with Crippen LogP contribution in [0, 0.1) is 0 Å². The summed E-state index contributed by atoms with van der Waals surface area (Å²) in [5, 5.41) is -1.60. The van der Waals surface area contributed by atoms with Crippen LogP contribution in [0.5, 0.6) is 0 Å². The van der Waals surface area contributed by atoms with E-state index >= 15 is 0 Å². The van der Waals surface area contributed by atoms with Gasteiger partial charge in [-0.2, -0.15) is 0 Å². The van der Waals surface area contributed by atoms with Crippen LogP contribution < -0.4 is 0 Å². The summed E-state index contributed by atoms with van der Waals surface area (Å²) in [6.45, 7) is 4.68. The monoisotopic (exact) mass is 184 g/mol. The van der Waals surface area contributed by atoms with Crippen LogP contribution in [0.2, 0.25) is 0 Å². The Morgan fingerprint density at radius 2 is 2.00 bits per heavy atom. The highest BCUT2D eigenvalue weighted by Gasteiger charge is 2.21. The van der Waals surface area contributed by atoms with Gasteiger partial charge in [0.05, 0.1) is 0 Å². The molecule has 0 N–H and O–H groups in total. The van der Waals surface area contributed by atoms with Crippen molar-refractivity contribution in [2.24, 2.45) is 0 Å². The smallest absolute Gasteiger partial charge is 0.325 e. The third kappa shape index (κ3) is 4.89. The number of carbonyl (C=O) groups excluding carboxylic acids is 1. The van der Waals surface area contributed by atoms with Gasteiger partial charge >= 0.3 is 5.97 Å². The van der Waals surface area contributed by atoms with Crippen LogP contribution in [-0.2, 0) is 9.53 Å². The van der Waals surface area contributed by atoms with Gasteiger partial charge in [-0.1, -0.05) is 11.6 Å². The average molecular weight is 185 g/mol. The molecule has 2 nitrogen and oxygen atoms in total. The van der Waals surface area contributed by atoms with Gasteiger partial charge in [0.15, 0.2) is 5.06 Å². The minimum absolute atomic E-state index is 0.498. The fourth-order valence-electron chi connectivity index (χ4n) is 0.320. The van der Waals surface area contributed by atoms with Gasteiger partial charge in [-0.3, -0.25) is 4.79 Å². The standard InChI is InChI=1S/C6H10Cl2O2/c1-4(7)5(9)10-6(2,3)8/h4H,1-3H3/t4-/m0/s1. The summed E-state index contributed by atoms with van der Waals surface area (Å²) in [7, 11) is 0. The van der Waals surface area contributed by atoms with Crippen LogP contribution in [0.3, 0.4) is 0 Å². The van der Waals surface area contributed by atoms with Gasteiger partial charge in [0.2, 0.25) is 0 Å². The number of esters is 1. The number of hydrogen-bond acceptors (Lipinski definition) is 2. The highest BCUT2D eigenvalue weighted by atomic mass is 35.5. The van der Waals surface area contributed by atoms with Crippen LogP contribution in [0.1, 0.15) is 20.8 Å². The zero-order chi connectivity index (χ0) is 8.36. The molecule has 1 atom stereocenters. The molecule has 0 aliphatic carbocycles. The highest BCUT2D eigenvalue weighted by molar-refractivity contribution is 6.30. The topological polar surface area (TPSA) is 26.3 Å². The van der Waals surface area contributed by atoms with Crippen molar-refractivity contribution < 1.29 is 9.53 Å². The van der Waals surface area contributed by atoms with Crippen molar-refractivity contribution in [1.29, 1.82) is 0 Å². The molecule has 0 aliphatic rings. The van der Waals surface area contributed by atoms with Crippen molar-refractivity contribution in [3.63, 3.8) is 0 Å². The molecule has 10 heavy (non-hydrogen) atoms. The molecule has 0 rings (SSSR count). The first-order valence-electron chi connectivity index (χ1n) is 2.89. The molecule has 0 aromatic rings. The predicted molar refractivity (Wildman–Crippen MR) is 41.3 cm³/mol. The number of carbonyl (C=O) groups is 1. The summed E-state index contributed by atoms with van der Waals surface area (Å²) in [4.78, 5) is 10.7. The molecule has 0 saturated heterocycles.